The van der Waals surface area contributed by atoms with Crippen molar-refractivity contribution < 1.29 is 19.1 Å². The number of nitrogens with one attached hydrogen (secondary N) is 1. The fourth-order valence-electron chi connectivity index (χ4n) is 2.14. The van der Waals surface area contributed by atoms with Crippen molar-refractivity contribution in [1.29, 1.82) is 0 Å². The van der Waals surface area contributed by atoms with Crippen LogP contribution in [0.15, 0.2) is 42.5 Å². The van der Waals surface area contributed by atoms with E-state index in [1.807, 2.05) is 0 Å². The summed E-state index contributed by atoms with van der Waals surface area (Å²) in [5, 5.41) is 3.19. The monoisotopic (exact) mass is 362 g/mol. The van der Waals surface area contributed by atoms with Gasteiger partial charge in [0.15, 0.2) is 18.1 Å². The lowest BCUT2D eigenvalue weighted by atomic mass is 10.1. The molecule has 0 bridgehead atoms. The molecule has 2 aromatic rings. The molecule has 0 aliphatic carbocycles. The van der Waals surface area contributed by atoms with Crippen LogP contribution in [0.2, 0.25) is 5.02 Å². The van der Waals surface area contributed by atoms with Gasteiger partial charge in [-0.05, 0) is 30.3 Å². The SMILES string of the molecule is COc1cccc(C(=O)N(C)C)c1OCC(=O)Nc1cccc(Cl)c1. The van der Waals surface area contributed by atoms with Crippen molar-refractivity contribution in [3.63, 3.8) is 0 Å². The van der Waals surface area contributed by atoms with Gasteiger partial charge >= 0.3 is 0 Å². The summed E-state index contributed by atoms with van der Waals surface area (Å²) >= 11 is 5.88. The Hall–Kier alpha value is -2.73. The zero-order valence-electron chi connectivity index (χ0n) is 14.2. The van der Waals surface area contributed by atoms with Crippen LogP contribution in [0.1, 0.15) is 10.4 Å². The van der Waals surface area contributed by atoms with Crippen LogP contribution >= 0.6 is 11.6 Å². The molecular formula is C18H19ClN2O4. The van der Waals surface area contributed by atoms with E-state index in [9.17, 15) is 9.59 Å². The minimum Gasteiger partial charge on any atom is -0.493 e. The topological polar surface area (TPSA) is 67.9 Å². The number of para-hydroxylation sites is 1. The van der Waals surface area contributed by atoms with Gasteiger partial charge in [-0.3, -0.25) is 9.59 Å². The second kappa shape index (κ2) is 8.39. The van der Waals surface area contributed by atoms with Gasteiger partial charge in [0.05, 0.1) is 12.7 Å². The standard InChI is InChI=1S/C18H19ClN2O4/c1-21(2)18(23)14-8-5-9-15(24-3)17(14)25-11-16(22)20-13-7-4-6-12(19)10-13/h4-10H,11H2,1-3H3,(H,20,22). The lowest BCUT2D eigenvalue weighted by molar-refractivity contribution is -0.118. The Morgan fingerprint density at radius 2 is 1.88 bits per heavy atom. The Labute approximate surface area is 151 Å². The van der Waals surface area contributed by atoms with E-state index in [-0.39, 0.29) is 24.2 Å². The molecule has 7 heteroatoms. The van der Waals surface area contributed by atoms with Gasteiger partial charge in [0.2, 0.25) is 0 Å². The molecule has 0 atom stereocenters. The van der Waals surface area contributed by atoms with Crippen LogP contribution in [-0.2, 0) is 4.79 Å². The first-order valence-corrected chi connectivity index (χ1v) is 7.87. The molecule has 0 fully saturated rings. The maximum absolute atomic E-state index is 12.3. The van der Waals surface area contributed by atoms with Gasteiger partial charge in [-0.25, -0.2) is 0 Å². The molecule has 0 radical (unpaired) electrons. The summed E-state index contributed by atoms with van der Waals surface area (Å²) in [6, 6.07) is 11.8. The van der Waals surface area contributed by atoms with Gasteiger partial charge in [0.25, 0.3) is 11.8 Å². The quantitative estimate of drug-likeness (QED) is 0.857. The van der Waals surface area contributed by atoms with Crippen LogP contribution in [0.4, 0.5) is 5.69 Å². The van der Waals surface area contributed by atoms with Gasteiger partial charge in [-0.1, -0.05) is 23.7 Å². The average Bonchev–Trinajstić information content (AvgIpc) is 2.58. The summed E-state index contributed by atoms with van der Waals surface area (Å²) in [4.78, 5) is 25.8. The first-order chi connectivity index (χ1) is 11.9. The van der Waals surface area contributed by atoms with Crippen LogP contribution < -0.4 is 14.8 Å². The second-order valence-electron chi connectivity index (χ2n) is 5.38. The molecule has 6 nitrogen and oxygen atoms in total. The molecule has 0 saturated heterocycles. The number of carbonyl (C=O) groups excluding carboxylic acids is 2. The van der Waals surface area contributed by atoms with Crippen molar-refractivity contribution in [1.82, 2.24) is 4.90 Å². The number of rotatable bonds is 6. The summed E-state index contributed by atoms with van der Waals surface area (Å²) in [6.07, 6.45) is 0. The Balaban J connectivity index is 2.13. The number of ether oxygens (including phenoxy) is 2. The highest BCUT2D eigenvalue weighted by Crippen LogP contribution is 2.31. The Morgan fingerprint density at radius 1 is 1.16 bits per heavy atom. The molecule has 0 aromatic heterocycles. The van der Waals surface area contributed by atoms with E-state index >= 15 is 0 Å². The molecule has 0 unspecified atom stereocenters. The van der Waals surface area contributed by atoms with Crippen LogP contribution in [0.25, 0.3) is 0 Å². The van der Waals surface area contributed by atoms with E-state index in [4.69, 9.17) is 21.1 Å². The first-order valence-electron chi connectivity index (χ1n) is 7.49. The third-order valence-electron chi connectivity index (χ3n) is 3.29. The molecule has 132 valence electrons. The van der Waals surface area contributed by atoms with Crippen LogP contribution in [0, 0.1) is 0 Å². The van der Waals surface area contributed by atoms with E-state index in [0.717, 1.165) is 0 Å². The maximum atomic E-state index is 12.3. The molecule has 25 heavy (non-hydrogen) atoms. The van der Waals surface area contributed by atoms with Crippen LogP contribution in [-0.4, -0.2) is 44.5 Å². The third kappa shape index (κ3) is 4.87. The van der Waals surface area contributed by atoms with E-state index in [0.29, 0.717) is 22.0 Å². The molecule has 0 aliphatic heterocycles. The number of amides is 2. The predicted octanol–water partition coefficient (Wildman–Crippen LogP) is 3.07. The van der Waals surface area contributed by atoms with E-state index < -0.39 is 0 Å². The zero-order chi connectivity index (χ0) is 18.4. The summed E-state index contributed by atoms with van der Waals surface area (Å²) < 4.78 is 10.8. The first kappa shape index (κ1) is 18.6. The molecule has 0 saturated carbocycles. The van der Waals surface area contributed by atoms with Crippen molar-refractivity contribution >= 4 is 29.1 Å². The number of methoxy groups -OCH3 is 1. The number of nitrogens with zero attached hydrogens (tertiary/aromatic N) is 1. The van der Waals surface area contributed by atoms with E-state index in [2.05, 4.69) is 5.32 Å². The maximum Gasteiger partial charge on any atom is 0.262 e. The lowest BCUT2D eigenvalue weighted by Crippen LogP contribution is -2.24. The number of anilines is 1. The van der Waals surface area contributed by atoms with Gasteiger partial charge in [-0.15, -0.1) is 0 Å². The molecule has 0 spiro atoms. The molecular weight excluding hydrogens is 344 g/mol. The van der Waals surface area contributed by atoms with Gasteiger partial charge < -0.3 is 19.7 Å². The minimum atomic E-state index is -0.378. The largest absolute Gasteiger partial charge is 0.493 e. The van der Waals surface area contributed by atoms with Crippen molar-refractivity contribution in [3.8, 4) is 11.5 Å². The Morgan fingerprint density at radius 3 is 2.52 bits per heavy atom. The number of carbonyl (C=O) groups is 2. The van der Waals surface area contributed by atoms with Crippen molar-refractivity contribution in [3.05, 3.63) is 53.1 Å². The molecule has 2 amide bonds. The van der Waals surface area contributed by atoms with Crippen LogP contribution in [0.5, 0.6) is 11.5 Å². The Bertz CT molecular complexity index is 777. The highest BCUT2D eigenvalue weighted by Gasteiger charge is 2.19. The predicted molar refractivity (Wildman–Crippen MR) is 96.6 cm³/mol. The molecule has 2 aromatic carbocycles. The molecule has 1 N–H and O–H groups in total. The molecule has 2 rings (SSSR count). The van der Waals surface area contributed by atoms with E-state index in [1.54, 1.807) is 56.6 Å². The lowest BCUT2D eigenvalue weighted by Gasteiger charge is -2.17. The zero-order valence-corrected chi connectivity index (χ0v) is 15.0. The number of benzene rings is 2. The second-order valence-corrected chi connectivity index (χ2v) is 5.82. The average molecular weight is 363 g/mol. The number of halogens is 1. The summed E-state index contributed by atoms with van der Waals surface area (Å²) in [5.41, 5.74) is 0.880. The summed E-state index contributed by atoms with van der Waals surface area (Å²) in [7, 11) is 4.74. The van der Waals surface area contributed by atoms with Crippen molar-refractivity contribution in [2.45, 2.75) is 0 Å². The molecule has 0 aliphatic rings. The summed E-state index contributed by atoms with van der Waals surface area (Å²) in [6.45, 7) is -0.277. The highest BCUT2D eigenvalue weighted by molar-refractivity contribution is 6.30. The smallest absolute Gasteiger partial charge is 0.262 e. The van der Waals surface area contributed by atoms with Gasteiger partial charge in [-0.2, -0.15) is 0 Å². The minimum absolute atomic E-state index is 0.227. The number of hydrogen-bond acceptors (Lipinski definition) is 4. The van der Waals surface area contributed by atoms with Gasteiger partial charge in [0, 0.05) is 24.8 Å². The van der Waals surface area contributed by atoms with E-state index in [1.165, 1.54) is 12.0 Å². The fourth-order valence-corrected chi connectivity index (χ4v) is 2.33. The Kier molecular flexibility index (Phi) is 6.25. The fraction of sp³-hybridized carbons (Fsp3) is 0.222. The normalized spacial score (nSPS) is 10.1. The number of hydrogen-bond donors (Lipinski definition) is 1. The van der Waals surface area contributed by atoms with Crippen LogP contribution in [0.3, 0.4) is 0 Å². The highest BCUT2D eigenvalue weighted by atomic mass is 35.5. The van der Waals surface area contributed by atoms with Crippen molar-refractivity contribution in [2.75, 3.05) is 33.1 Å². The van der Waals surface area contributed by atoms with Gasteiger partial charge in [0.1, 0.15) is 0 Å². The summed E-state index contributed by atoms with van der Waals surface area (Å²) in [5.74, 6) is -0.0197. The third-order valence-corrected chi connectivity index (χ3v) is 3.53. The molecule has 0 heterocycles. The van der Waals surface area contributed by atoms with Crippen molar-refractivity contribution in [2.24, 2.45) is 0 Å².